The highest BCUT2D eigenvalue weighted by Crippen LogP contribution is 2.23. The van der Waals surface area contributed by atoms with Gasteiger partial charge in [0.25, 0.3) is 0 Å². The Hall–Kier alpha value is -0.600. The van der Waals surface area contributed by atoms with E-state index in [1.165, 1.54) is 16.7 Å². The molecule has 0 aliphatic rings. The van der Waals surface area contributed by atoms with Gasteiger partial charge < -0.3 is 5.32 Å². The Morgan fingerprint density at radius 3 is 2.57 bits per heavy atom. The van der Waals surface area contributed by atoms with Crippen molar-refractivity contribution in [2.75, 3.05) is 5.32 Å². The summed E-state index contributed by atoms with van der Waals surface area (Å²) in [4.78, 5) is 1.06. The summed E-state index contributed by atoms with van der Waals surface area (Å²) >= 11 is 0. The van der Waals surface area contributed by atoms with Gasteiger partial charge in [0.2, 0.25) is 0 Å². The van der Waals surface area contributed by atoms with Crippen LogP contribution in [0, 0.1) is 0 Å². The lowest BCUT2D eigenvalue weighted by Crippen LogP contribution is -1.94. The van der Waals surface area contributed by atoms with Crippen LogP contribution in [0.1, 0.15) is 20.3 Å². The SMILES string of the molecule is CC/C=C(\C)Nc1ccc(SCl)cc1. The fourth-order valence-corrected chi connectivity index (χ4v) is 1.72. The fraction of sp³-hybridized carbons (Fsp3) is 0.273. The molecule has 1 aromatic rings. The highest BCUT2D eigenvalue weighted by Gasteiger charge is 1.93. The maximum Gasteiger partial charge on any atom is 0.0382 e. The molecule has 1 rings (SSSR count). The molecule has 0 aliphatic carbocycles. The maximum atomic E-state index is 5.62. The molecule has 3 heteroatoms. The second-order valence-electron chi connectivity index (χ2n) is 3.02. The van der Waals surface area contributed by atoms with E-state index in [9.17, 15) is 0 Å². The van der Waals surface area contributed by atoms with Crippen LogP contribution in [-0.2, 0) is 0 Å². The van der Waals surface area contributed by atoms with Gasteiger partial charge in [0.15, 0.2) is 0 Å². The van der Waals surface area contributed by atoms with Crippen LogP contribution in [0.4, 0.5) is 5.69 Å². The largest absolute Gasteiger partial charge is 0.359 e. The Morgan fingerprint density at radius 2 is 2.07 bits per heavy atom. The molecule has 0 aliphatic heterocycles. The summed E-state index contributed by atoms with van der Waals surface area (Å²) in [5, 5.41) is 3.30. The standard InChI is InChI=1S/C11H14ClNS/c1-3-4-9(2)13-10-5-7-11(14-12)8-6-10/h4-8,13H,3H2,1-2H3/b9-4+. The van der Waals surface area contributed by atoms with Crippen LogP contribution < -0.4 is 5.32 Å². The first-order valence-electron chi connectivity index (χ1n) is 4.58. The van der Waals surface area contributed by atoms with Gasteiger partial charge in [-0.05, 0) is 59.3 Å². The molecule has 0 bridgehead atoms. The van der Waals surface area contributed by atoms with Crippen molar-refractivity contribution in [3.05, 3.63) is 36.0 Å². The molecule has 1 N–H and O–H groups in total. The van der Waals surface area contributed by atoms with E-state index in [2.05, 4.69) is 25.2 Å². The first kappa shape index (κ1) is 11.5. The Balaban J connectivity index is 2.64. The lowest BCUT2D eigenvalue weighted by molar-refractivity contribution is 1.18. The Morgan fingerprint density at radius 1 is 1.43 bits per heavy atom. The second kappa shape index (κ2) is 5.99. The molecule has 0 saturated carbocycles. The topological polar surface area (TPSA) is 12.0 Å². The number of hydrogen-bond acceptors (Lipinski definition) is 2. The van der Waals surface area contributed by atoms with Crippen molar-refractivity contribution < 1.29 is 0 Å². The third-order valence-electron chi connectivity index (χ3n) is 1.80. The van der Waals surface area contributed by atoms with Crippen LogP contribution in [0.3, 0.4) is 0 Å². The minimum atomic E-state index is 1.05. The summed E-state index contributed by atoms with van der Waals surface area (Å²) in [6.07, 6.45) is 3.21. The molecular weight excluding hydrogens is 214 g/mol. The highest BCUT2D eigenvalue weighted by atomic mass is 35.7. The number of rotatable bonds is 4. The van der Waals surface area contributed by atoms with E-state index in [-0.39, 0.29) is 0 Å². The molecule has 1 nitrogen and oxygen atoms in total. The molecule has 0 amide bonds. The smallest absolute Gasteiger partial charge is 0.0382 e. The summed E-state index contributed by atoms with van der Waals surface area (Å²) in [6.45, 7) is 4.19. The minimum absolute atomic E-state index is 1.05. The summed E-state index contributed by atoms with van der Waals surface area (Å²) in [6, 6.07) is 8.05. The molecule has 14 heavy (non-hydrogen) atoms. The lowest BCUT2D eigenvalue weighted by Gasteiger charge is -2.06. The van der Waals surface area contributed by atoms with Gasteiger partial charge in [-0.25, -0.2) is 0 Å². The molecule has 0 heterocycles. The monoisotopic (exact) mass is 227 g/mol. The van der Waals surface area contributed by atoms with Crippen molar-refractivity contribution >= 4 is 27.3 Å². The van der Waals surface area contributed by atoms with Crippen LogP contribution in [0.15, 0.2) is 40.9 Å². The number of nitrogens with one attached hydrogen (secondary N) is 1. The molecule has 1 aromatic carbocycles. The van der Waals surface area contributed by atoms with Crippen molar-refractivity contribution in [2.45, 2.75) is 25.2 Å². The fourth-order valence-electron chi connectivity index (χ4n) is 1.17. The third kappa shape index (κ3) is 3.64. The average molecular weight is 228 g/mol. The van der Waals surface area contributed by atoms with Crippen LogP contribution in [-0.4, -0.2) is 0 Å². The molecule has 0 fully saturated rings. The number of hydrogen-bond donors (Lipinski definition) is 1. The molecule has 0 spiro atoms. The molecule has 0 unspecified atom stereocenters. The predicted octanol–water partition coefficient (Wildman–Crippen LogP) is 4.66. The van der Waals surface area contributed by atoms with Gasteiger partial charge in [-0.3, -0.25) is 0 Å². The summed E-state index contributed by atoms with van der Waals surface area (Å²) in [7, 11) is 6.86. The van der Waals surface area contributed by atoms with E-state index < -0.39 is 0 Å². The van der Waals surface area contributed by atoms with Crippen molar-refractivity contribution in [3.63, 3.8) is 0 Å². The van der Waals surface area contributed by atoms with Gasteiger partial charge in [0.05, 0.1) is 0 Å². The number of benzene rings is 1. The van der Waals surface area contributed by atoms with Crippen molar-refractivity contribution in [1.29, 1.82) is 0 Å². The summed E-state index contributed by atoms with van der Waals surface area (Å²) in [5.41, 5.74) is 2.28. The zero-order valence-corrected chi connectivity index (χ0v) is 9.95. The molecular formula is C11H14ClNS. The van der Waals surface area contributed by atoms with Gasteiger partial charge in [-0.2, -0.15) is 0 Å². The van der Waals surface area contributed by atoms with Gasteiger partial charge in [0, 0.05) is 16.3 Å². The van der Waals surface area contributed by atoms with Crippen LogP contribution in [0.25, 0.3) is 0 Å². The molecule has 0 radical (unpaired) electrons. The highest BCUT2D eigenvalue weighted by molar-refractivity contribution is 8.21. The number of halogens is 1. The minimum Gasteiger partial charge on any atom is -0.359 e. The van der Waals surface area contributed by atoms with E-state index >= 15 is 0 Å². The quantitative estimate of drug-likeness (QED) is 0.803. The van der Waals surface area contributed by atoms with Crippen LogP contribution >= 0.6 is 21.7 Å². The Kier molecular flexibility index (Phi) is 4.91. The van der Waals surface area contributed by atoms with Crippen LogP contribution in [0.2, 0.25) is 0 Å². The summed E-state index contributed by atoms with van der Waals surface area (Å²) in [5.74, 6) is 0. The van der Waals surface area contributed by atoms with Gasteiger partial charge in [-0.15, -0.1) is 0 Å². The van der Waals surface area contributed by atoms with E-state index in [0.29, 0.717) is 0 Å². The first-order valence-corrected chi connectivity index (χ1v) is 6.23. The van der Waals surface area contributed by atoms with E-state index in [4.69, 9.17) is 10.7 Å². The molecule has 0 saturated heterocycles. The molecule has 0 atom stereocenters. The number of anilines is 1. The van der Waals surface area contributed by atoms with E-state index in [1.807, 2.05) is 24.3 Å². The Labute approximate surface area is 94.0 Å². The average Bonchev–Trinajstić information content (AvgIpc) is 2.19. The first-order chi connectivity index (χ1) is 6.76. The zero-order valence-electron chi connectivity index (χ0n) is 8.38. The second-order valence-corrected chi connectivity index (χ2v) is 4.11. The third-order valence-corrected chi connectivity index (χ3v) is 2.78. The van der Waals surface area contributed by atoms with Crippen molar-refractivity contribution in [1.82, 2.24) is 0 Å². The molecule has 0 aromatic heterocycles. The maximum absolute atomic E-state index is 5.62. The van der Waals surface area contributed by atoms with E-state index in [0.717, 1.165) is 17.0 Å². The Bertz CT molecular complexity index is 306. The van der Waals surface area contributed by atoms with E-state index in [1.54, 1.807) is 0 Å². The molecule has 76 valence electrons. The number of allylic oxidation sites excluding steroid dienone is 2. The van der Waals surface area contributed by atoms with Crippen LogP contribution in [0.5, 0.6) is 0 Å². The van der Waals surface area contributed by atoms with Crippen molar-refractivity contribution in [3.8, 4) is 0 Å². The predicted molar refractivity (Wildman–Crippen MR) is 65.8 cm³/mol. The van der Waals surface area contributed by atoms with Gasteiger partial charge in [0.1, 0.15) is 0 Å². The summed E-state index contributed by atoms with van der Waals surface area (Å²) < 4.78 is 0. The van der Waals surface area contributed by atoms with Gasteiger partial charge in [-0.1, -0.05) is 13.0 Å². The van der Waals surface area contributed by atoms with Gasteiger partial charge >= 0.3 is 0 Å². The normalized spacial score (nSPS) is 11.5. The lowest BCUT2D eigenvalue weighted by atomic mass is 10.3. The zero-order chi connectivity index (χ0) is 10.4. The van der Waals surface area contributed by atoms with Crippen molar-refractivity contribution in [2.24, 2.45) is 0 Å².